The molecule has 0 aliphatic heterocycles. The summed E-state index contributed by atoms with van der Waals surface area (Å²) >= 11 is 0. The van der Waals surface area contributed by atoms with Gasteiger partial charge >= 0.3 is 0 Å². The second kappa shape index (κ2) is 7.69. The number of hydrogen-bond donors (Lipinski definition) is 2. The van der Waals surface area contributed by atoms with Crippen molar-refractivity contribution in [2.75, 3.05) is 5.32 Å². The monoisotopic (exact) mass is 354 g/mol. The van der Waals surface area contributed by atoms with Gasteiger partial charge < -0.3 is 10.6 Å². The molecule has 26 heavy (non-hydrogen) atoms. The summed E-state index contributed by atoms with van der Waals surface area (Å²) in [6, 6.07) is 11.2. The molecule has 0 radical (unpaired) electrons. The van der Waals surface area contributed by atoms with Gasteiger partial charge in [0.2, 0.25) is 0 Å². The summed E-state index contributed by atoms with van der Waals surface area (Å²) in [4.78, 5) is 20.2. The fourth-order valence-electron chi connectivity index (χ4n) is 2.33. The Morgan fingerprint density at radius 2 is 1.88 bits per heavy atom. The maximum atomic E-state index is 13.2. The molecule has 3 aromatic rings. The first-order valence-corrected chi connectivity index (χ1v) is 7.89. The van der Waals surface area contributed by atoms with Gasteiger partial charge in [0, 0.05) is 18.3 Å². The highest BCUT2D eigenvalue weighted by Gasteiger charge is 2.09. The molecular formula is C19H16F2N4O. The molecule has 0 fully saturated rings. The van der Waals surface area contributed by atoms with Crippen LogP contribution in [0.2, 0.25) is 0 Å². The van der Waals surface area contributed by atoms with E-state index in [1.165, 1.54) is 18.5 Å². The van der Waals surface area contributed by atoms with Crippen LogP contribution in [-0.2, 0) is 6.54 Å². The highest BCUT2D eigenvalue weighted by molar-refractivity contribution is 5.92. The Kier molecular flexibility index (Phi) is 5.17. The fraction of sp³-hybridized carbons (Fsp3) is 0.105. The lowest BCUT2D eigenvalue weighted by Crippen LogP contribution is -2.24. The molecule has 1 amide bonds. The van der Waals surface area contributed by atoms with Crippen LogP contribution in [0, 0.1) is 18.6 Å². The average Bonchev–Trinajstić information content (AvgIpc) is 2.63. The van der Waals surface area contributed by atoms with E-state index in [-0.39, 0.29) is 11.6 Å². The zero-order valence-electron chi connectivity index (χ0n) is 14.0. The third-order valence-corrected chi connectivity index (χ3v) is 3.61. The molecule has 2 N–H and O–H groups in total. The number of anilines is 2. The van der Waals surface area contributed by atoms with E-state index in [1.807, 2.05) is 31.2 Å². The SMILES string of the molecule is Cc1cccc(CNC(=O)c2cnc(Nc3ccc(F)c(F)c3)cn2)c1. The molecule has 2 aromatic carbocycles. The molecule has 0 aliphatic carbocycles. The fourth-order valence-corrected chi connectivity index (χ4v) is 2.33. The minimum Gasteiger partial charge on any atom is -0.347 e. The summed E-state index contributed by atoms with van der Waals surface area (Å²) in [5.74, 6) is -1.93. The number of rotatable bonds is 5. The van der Waals surface area contributed by atoms with E-state index in [0.717, 1.165) is 23.3 Å². The number of carbonyl (C=O) groups excluding carboxylic acids is 1. The van der Waals surface area contributed by atoms with Gasteiger partial charge in [-0.3, -0.25) is 4.79 Å². The third kappa shape index (κ3) is 4.38. The summed E-state index contributed by atoms with van der Waals surface area (Å²) in [6.07, 6.45) is 2.66. The van der Waals surface area contributed by atoms with Crippen LogP contribution in [0.5, 0.6) is 0 Å². The maximum Gasteiger partial charge on any atom is 0.271 e. The van der Waals surface area contributed by atoms with Crippen LogP contribution in [0.1, 0.15) is 21.6 Å². The number of nitrogens with one attached hydrogen (secondary N) is 2. The molecule has 0 saturated carbocycles. The standard InChI is InChI=1S/C19H16F2N4O/c1-12-3-2-4-13(7-12)9-24-19(26)17-10-23-18(11-22-17)25-14-5-6-15(20)16(21)8-14/h2-8,10-11H,9H2,1H3,(H,23,25)(H,24,26). The minimum atomic E-state index is -0.963. The number of carbonyl (C=O) groups is 1. The summed E-state index contributed by atoms with van der Waals surface area (Å²) in [5, 5.41) is 5.56. The summed E-state index contributed by atoms with van der Waals surface area (Å²) in [5.41, 5.74) is 2.59. The summed E-state index contributed by atoms with van der Waals surface area (Å²) in [7, 11) is 0. The van der Waals surface area contributed by atoms with Crippen LogP contribution >= 0.6 is 0 Å². The lowest BCUT2D eigenvalue weighted by Gasteiger charge is -2.07. The highest BCUT2D eigenvalue weighted by Crippen LogP contribution is 2.17. The Bertz CT molecular complexity index is 929. The lowest BCUT2D eigenvalue weighted by atomic mass is 10.1. The van der Waals surface area contributed by atoms with Gasteiger partial charge in [-0.15, -0.1) is 0 Å². The van der Waals surface area contributed by atoms with Gasteiger partial charge in [0.1, 0.15) is 11.5 Å². The third-order valence-electron chi connectivity index (χ3n) is 3.61. The van der Waals surface area contributed by atoms with E-state index < -0.39 is 11.6 Å². The molecule has 5 nitrogen and oxygen atoms in total. The smallest absolute Gasteiger partial charge is 0.271 e. The Balaban J connectivity index is 1.61. The normalized spacial score (nSPS) is 10.4. The number of hydrogen-bond acceptors (Lipinski definition) is 4. The van der Waals surface area contributed by atoms with Gasteiger partial charge in [0.05, 0.1) is 12.4 Å². The maximum absolute atomic E-state index is 13.2. The van der Waals surface area contributed by atoms with E-state index in [9.17, 15) is 13.6 Å². The Morgan fingerprint density at radius 3 is 2.58 bits per heavy atom. The number of aromatic nitrogens is 2. The Labute approximate surface area is 149 Å². The molecule has 0 aliphatic rings. The average molecular weight is 354 g/mol. The van der Waals surface area contributed by atoms with Crippen molar-refractivity contribution in [3.8, 4) is 0 Å². The van der Waals surface area contributed by atoms with E-state index in [0.29, 0.717) is 18.1 Å². The minimum absolute atomic E-state index is 0.161. The molecule has 1 heterocycles. The van der Waals surface area contributed by atoms with Crippen LogP contribution in [0.15, 0.2) is 54.9 Å². The molecular weight excluding hydrogens is 338 g/mol. The van der Waals surface area contributed by atoms with E-state index in [1.54, 1.807) is 0 Å². The number of aryl methyl sites for hydroxylation is 1. The van der Waals surface area contributed by atoms with Crippen molar-refractivity contribution in [2.24, 2.45) is 0 Å². The molecule has 0 unspecified atom stereocenters. The largest absolute Gasteiger partial charge is 0.347 e. The van der Waals surface area contributed by atoms with Crippen molar-refractivity contribution < 1.29 is 13.6 Å². The predicted octanol–water partition coefficient (Wildman–Crippen LogP) is 3.74. The zero-order chi connectivity index (χ0) is 18.5. The molecule has 132 valence electrons. The molecule has 0 spiro atoms. The second-order valence-corrected chi connectivity index (χ2v) is 5.71. The van der Waals surface area contributed by atoms with Gasteiger partial charge in [-0.1, -0.05) is 29.8 Å². The number of benzene rings is 2. The van der Waals surface area contributed by atoms with Crippen LogP contribution in [0.3, 0.4) is 0 Å². The molecule has 0 saturated heterocycles. The number of halogens is 2. The lowest BCUT2D eigenvalue weighted by molar-refractivity contribution is 0.0945. The van der Waals surface area contributed by atoms with Crippen molar-refractivity contribution >= 4 is 17.4 Å². The van der Waals surface area contributed by atoms with Crippen molar-refractivity contribution in [3.63, 3.8) is 0 Å². The van der Waals surface area contributed by atoms with Crippen molar-refractivity contribution in [3.05, 3.63) is 83.3 Å². The molecule has 0 bridgehead atoms. The Morgan fingerprint density at radius 1 is 1.04 bits per heavy atom. The number of amides is 1. The predicted molar refractivity (Wildman–Crippen MR) is 94.0 cm³/mol. The van der Waals surface area contributed by atoms with Crippen molar-refractivity contribution in [1.29, 1.82) is 0 Å². The molecule has 1 aromatic heterocycles. The van der Waals surface area contributed by atoms with Crippen LogP contribution < -0.4 is 10.6 Å². The van der Waals surface area contributed by atoms with E-state index in [2.05, 4.69) is 20.6 Å². The first kappa shape index (κ1) is 17.5. The van der Waals surface area contributed by atoms with Crippen molar-refractivity contribution in [1.82, 2.24) is 15.3 Å². The quantitative estimate of drug-likeness (QED) is 0.733. The molecule has 7 heteroatoms. The van der Waals surface area contributed by atoms with Crippen LogP contribution in [-0.4, -0.2) is 15.9 Å². The van der Waals surface area contributed by atoms with E-state index >= 15 is 0 Å². The summed E-state index contributed by atoms with van der Waals surface area (Å²) < 4.78 is 26.1. The van der Waals surface area contributed by atoms with Gasteiger partial charge in [0.25, 0.3) is 5.91 Å². The van der Waals surface area contributed by atoms with E-state index in [4.69, 9.17) is 0 Å². The first-order valence-electron chi connectivity index (χ1n) is 7.89. The summed E-state index contributed by atoms with van der Waals surface area (Å²) in [6.45, 7) is 2.37. The van der Waals surface area contributed by atoms with Crippen molar-refractivity contribution in [2.45, 2.75) is 13.5 Å². The first-order chi connectivity index (χ1) is 12.5. The van der Waals surface area contributed by atoms with Crippen LogP contribution in [0.25, 0.3) is 0 Å². The zero-order valence-corrected chi connectivity index (χ0v) is 14.0. The second-order valence-electron chi connectivity index (χ2n) is 5.71. The highest BCUT2D eigenvalue weighted by atomic mass is 19.2. The number of nitrogens with zero attached hydrogens (tertiary/aromatic N) is 2. The topological polar surface area (TPSA) is 66.9 Å². The molecule has 0 atom stereocenters. The molecule has 3 rings (SSSR count). The van der Waals surface area contributed by atoms with Gasteiger partial charge in [-0.25, -0.2) is 18.7 Å². The van der Waals surface area contributed by atoms with Gasteiger partial charge in [-0.05, 0) is 24.6 Å². The van der Waals surface area contributed by atoms with Gasteiger partial charge in [-0.2, -0.15) is 0 Å². The van der Waals surface area contributed by atoms with Crippen LogP contribution in [0.4, 0.5) is 20.3 Å². The van der Waals surface area contributed by atoms with Gasteiger partial charge in [0.15, 0.2) is 11.6 Å². The Hall–Kier alpha value is -3.35.